The third-order valence-corrected chi connectivity index (χ3v) is 6.22. The molecular weight excluding hydrogens is 452 g/mol. The van der Waals surface area contributed by atoms with Crippen LogP contribution in [0.2, 0.25) is 5.02 Å². The molecule has 1 saturated heterocycles. The average molecular weight is 483 g/mol. The van der Waals surface area contributed by atoms with E-state index >= 15 is 0 Å². The number of carbonyl (C=O) groups excluding carboxylic acids is 2. The largest absolute Gasteiger partial charge is 0.507 e. The molecule has 34 heavy (non-hydrogen) atoms. The molecule has 2 aromatic carbocycles. The van der Waals surface area contributed by atoms with Crippen LogP contribution in [-0.2, 0) is 9.59 Å². The number of amides is 1. The average Bonchev–Trinajstić information content (AvgIpc) is 3.10. The van der Waals surface area contributed by atoms with Gasteiger partial charge in [-0.1, -0.05) is 50.2 Å². The van der Waals surface area contributed by atoms with E-state index in [1.807, 2.05) is 12.1 Å². The molecule has 0 spiro atoms. The van der Waals surface area contributed by atoms with Gasteiger partial charge in [-0.25, -0.2) is 0 Å². The van der Waals surface area contributed by atoms with Crippen molar-refractivity contribution >= 4 is 29.1 Å². The molecule has 0 saturated carbocycles. The zero-order valence-electron chi connectivity index (χ0n) is 19.7. The number of aliphatic hydroxyl groups excluding tert-OH is 1. The first-order valence-corrected chi connectivity index (χ1v) is 11.9. The third kappa shape index (κ3) is 5.69. The molecule has 180 valence electrons. The second-order valence-electron chi connectivity index (χ2n) is 8.05. The fraction of sp³-hybridized carbons (Fsp3) is 0.333. The molecule has 1 N–H and O–H groups in total. The number of Topliss-reactive ketones (excluding diaryl/α,β-unsaturated/α-hetero) is 1. The highest BCUT2D eigenvalue weighted by atomic mass is 35.5. The Hall–Kier alpha value is -3.09. The number of hydrogen-bond donors (Lipinski definition) is 1. The normalized spacial score (nSPS) is 17.4. The maximum absolute atomic E-state index is 13.2. The van der Waals surface area contributed by atoms with Gasteiger partial charge in [0.1, 0.15) is 18.1 Å². The molecule has 1 heterocycles. The minimum absolute atomic E-state index is 0.0658. The molecular formula is C27H31ClN2O4. The molecule has 1 aliphatic rings. The number of likely N-dealkylation sites (tertiary alicyclic amines) is 1. The number of carbonyl (C=O) groups is 2. The Morgan fingerprint density at radius 2 is 1.88 bits per heavy atom. The summed E-state index contributed by atoms with van der Waals surface area (Å²) >= 11 is 5.99. The van der Waals surface area contributed by atoms with Crippen molar-refractivity contribution < 1.29 is 19.4 Å². The summed E-state index contributed by atoms with van der Waals surface area (Å²) in [4.78, 5) is 30.1. The Morgan fingerprint density at radius 3 is 2.53 bits per heavy atom. The molecule has 0 bridgehead atoms. The van der Waals surface area contributed by atoms with E-state index in [1.54, 1.807) is 47.4 Å². The van der Waals surface area contributed by atoms with Crippen molar-refractivity contribution in [1.29, 1.82) is 0 Å². The van der Waals surface area contributed by atoms with Crippen LogP contribution < -0.4 is 4.74 Å². The minimum Gasteiger partial charge on any atom is -0.507 e. The Morgan fingerprint density at radius 1 is 1.18 bits per heavy atom. The summed E-state index contributed by atoms with van der Waals surface area (Å²) in [5, 5.41) is 11.6. The highest BCUT2D eigenvalue weighted by molar-refractivity contribution is 6.46. The molecule has 1 unspecified atom stereocenters. The SMILES string of the molecule is C=CCOc1cccc(C2/C(=C(/O)c3ccc(Cl)cc3)C(=O)C(=O)N2CCCN(CC)CC)c1. The second-order valence-corrected chi connectivity index (χ2v) is 8.49. The molecule has 1 atom stereocenters. The van der Waals surface area contributed by atoms with Crippen LogP contribution in [0.3, 0.4) is 0 Å². The van der Waals surface area contributed by atoms with E-state index in [-0.39, 0.29) is 11.3 Å². The lowest BCUT2D eigenvalue weighted by molar-refractivity contribution is -0.140. The van der Waals surface area contributed by atoms with Crippen LogP contribution in [0.5, 0.6) is 5.75 Å². The van der Waals surface area contributed by atoms with Crippen molar-refractivity contribution in [2.75, 3.05) is 32.8 Å². The fourth-order valence-electron chi connectivity index (χ4n) is 4.15. The van der Waals surface area contributed by atoms with Crippen LogP contribution in [0, 0.1) is 0 Å². The van der Waals surface area contributed by atoms with E-state index < -0.39 is 17.7 Å². The van der Waals surface area contributed by atoms with Crippen molar-refractivity contribution in [2.45, 2.75) is 26.3 Å². The van der Waals surface area contributed by atoms with Crippen LogP contribution in [-0.4, -0.2) is 59.4 Å². The number of benzene rings is 2. The van der Waals surface area contributed by atoms with E-state index in [2.05, 4.69) is 25.3 Å². The fourth-order valence-corrected chi connectivity index (χ4v) is 4.28. The van der Waals surface area contributed by atoms with Gasteiger partial charge in [0.25, 0.3) is 11.7 Å². The van der Waals surface area contributed by atoms with Gasteiger partial charge in [0, 0.05) is 17.1 Å². The number of hydrogen-bond acceptors (Lipinski definition) is 5. The number of ketones is 1. The first kappa shape index (κ1) is 25.5. The highest BCUT2D eigenvalue weighted by Gasteiger charge is 2.45. The Kier molecular flexibility index (Phi) is 8.91. The zero-order chi connectivity index (χ0) is 24.7. The maximum Gasteiger partial charge on any atom is 0.295 e. The first-order valence-electron chi connectivity index (χ1n) is 11.5. The Labute approximate surface area is 206 Å². The van der Waals surface area contributed by atoms with Crippen LogP contribution in [0.15, 0.2) is 66.8 Å². The van der Waals surface area contributed by atoms with Crippen molar-refractivity contribution in [3.8, 4) is 5.75 Å². The van der Waals surface area contributed by atoms with Crippen LogP contribution in [0.4, 0.5) is 0 Å². The predicted octanol–water partition coefficient (Wildman–Crippen LogP) is 5.06. The van der Waals surface area contributed by atoms with Gasteiger partial charge in [0.15, 0.2) is 0 Å². The molecule has 7 heteroatoms. The first-order chi connectivity index (χ1) is 16.4. The van der Waals surface area contributed by atoms with Gasteiger partial charge in [-0.15, -0.1) is 0 Å². The van der Waals surface area contributed by atoms with Gasteiger partial charge in [-0.2, -0.15) is 0 Å². The third-order valence-electron chi connectivity index (χ3n) is 5.97. The van der Waals surface area contributed by atoms with Gasteiger partial charge in [-0.3, -0.25) is 9.59 Å². The molecule has 0 aliphatic carbocycles. The molecule has 6 nitrogen and oxygen atoms in total. The Balaban J connectivity index is 2.04. The smallest absolute Gasteiger partial charge is 0.295 e. The van der Waals surface area contributed by atoms with Crippen molar-refractivity contribution in [3.05, 3.63) is 82.9 Å². The molecule has 2 aromatic rings. The number of ether oxygens (including phenoxy) is 1. The summed E-state index contributed by atoms with van der Waals surface area (Å²) in [6.07, 6.45) is 2.35. The van der Waals surface area contributed by atoms with E-state index in [0.29, 0.717) is 41.5 Å². The lowest BCUT2D eigenvalue weighted by Crippen LogP contribution is -2.33. The van der Waals surface area contributed by atoms with Crippen LogP contribution in [0.1, 0.15) is 37.4 Å². The standard InChI is InChI=1S/C27H31ClN2O4/c1-4-17-34-22-10-7-9-20(18-22)24-23(25(31)19-11-13-21(28)14-12-19)26(32)27(33)30(24)16-8-15-29(5-2)6-3/h4,7,9-14,18,24,31H,1,5-6,8,15-17H2,2-3H3/b25-23-. The van der Waals surface area contributed by atoms with Gasteiger partial charge < -0.3 is 19.6 Å². The lowest BCUT2D eigenvalue weighted by Gasteiger charge is -2.27. The summed E-state index contributed by atoms with van der Waals surface area (Å²) in [5.74, 6) is -0.934. The predicted molar refractivity (Wildman–Crippen MR) is 135 cm³/mol. The van der Waals surface area contributed by atoms with Crippen molar-refractivity contribution in [2.24, 2.45) is 0 Å². The van der Waals surface area contributed by atoms with E-state index in [4.69, 9.17) is 16.3 Å². The molecule has 1 fully saturated rings. The number of aliphatic hydroxyl groups is 1. The lowest BCUT2D eigenvalue weighted by atomic mass is 9.95. The minimum atomic E-state index is -0.723. The molecule has 3 rings (SSSR count). The van der Waals surface area contributed by atoms with Gasteiger partial charge in [0.05, 0.1) is 11.6 Å². The number of halogens is 1. The van der Waals surface area contributed by atoms with Gasteiger partial charge in [0.2, 0.25) is 0 Å². The zero-order valence-corrected chi connectivity index (χ0v) is 20.4. The second kappa shape index (κ2) is 11.9. The monoisotopic (exact) mass is 482 g/mol. The summed E-state index contributed by atoms with van der Waals surface area (Å²) in [6, 6.07) is 13.1. The number of rotatable bonds is 11. The van der Waals surface area contributed by atoms with Crippen molar-refractivity contribution in [3.63, 3.8) is 0 Å². The summed E-state index contributed by atoms with van der Waals surface area (Å²) < 4.78 is 5.67. The molecule has 1 aliphatic heterocycles. The summed E-state index contributed by atoms with van der Waals surface area (Å²) in [7, 11) is 0. The number of nitrogens with zero attached hydrogens (tertiary/aromatic N) is 2. The van der Waals surface area contributed by atoms with E-state index in [0.717, 1.165) is 19.6 Å². The summed E-state index contributed by atoms with van der Waals surface area (Å²) in [5.41, 5.74) is 1.18. The highest BCUT2D eigenvalue weighted by Crippen LogP contribution is 2.40. The molecule has 0 radical (unpaired) electrons. The van der Waals surface area contributed by atoms with Crippen molar-refractivity contribution in [1.82, 2.24) is 9.80 Å². The van der Waals surface area contributed by atoms with E-state index in [1.165, 1.54) is 0 Å². The van der Waals surface area contributed by atoms with Gasteiger partial charge >= 0.3 is 0 Å². The maximum atomic E-state index is 13.2. The molecule has 1 amide bonds. The molecule has 0 aromatic heterocycles. The van der Waals surface area contributed by atoms with Crippen LogP contribution >= 0.6 is 11.6 Å². The van der Waals surface area contributed by atoms with E-state index in [9.17, 15) is 14.7 Å². The topological polar surface area (TPSA) is 70.1 Å². The Bertz CT molecular complexity index is 1060. The quantitative estimate of drug-likeness (QED) is 0.210. The summed E-state index contributed by atoms with van der Waals surface area (Å²) in [6.45, 7) is 11.2. The van der Waals surface area contributed by atoms with Crippen LogP contribution in [0.25, 0.3) is 5.76 Å². The van der Waals surface area contributed by atoms with Gasteiger partial charge in [-0.05, 0) is 68.0 Å².